The van der Waals surface area contributed by atoms with Gasteiger partial charge in [-0.1, -0.05) is 11.3 Å². The highest BCUT2D eigenvalue weighted by Crippen LogP contribution is 2.23. The zero-order valence-corrected chi connectivity index (χ0v) is 17.4. The van der Waals surface area contributed by atoms with E-state index >= 15 is 0 Å². The van der Waals surface area contributed by atoms with Gasteiger partial charge in [0.25, 0.3) is 5.91 Å². The number of esters is 2. The van der Waals surface area contributed by atoms with E-state index in [9.17, 15) is 23.6 Å². The normalized spacial score (nSPS) is 10.3. The summed E-state index contributed by atoms with van der Waals surface area (Å²) in [5.74, 6) is -3.14. The molecule has 0 saturated carbocycles. The van der Waals surface area contributed by atoms with Crippen molar-refractivity contribution in [1.82, 2.24) is 10.3 Å². The van der Waals surface area contributed by atoms with Crippen LogP contribution in [-0.2, 0) is 14.3 Å². The number of anilines is 1. The maximum Gasteiger partial charge on any atom is 0.350 e. The Morgan fingerprint density at radius 1 is 1.13 bits per heavy atom. The van der Waals surface area contributed by atoms with Crippen LogP contribution in [0.15, 0.2) is 18.2 Å². The summed E-state index contributed by atoms with van der Waals surface area (Å²) in [4.78, 5) is 51.9. The van der Waals surface area contributed by atoms with E-state index in [0.717, 1.165) is 30.6 Å². The monoisotopic (exact) mass is 437 g/mol. The van der Waals surface area contributed by atoms with Crippen LogP contribution >= 0.6 is 11.3 Å². The number of aromatic nitrogens is 1. The smallest absolute Gasteiger partial charge is 0.350 e. The molecule has 11 heteroatoms. The van der Waals surface area contributed by atoms with Crippen LogP contribution in [0.1, 0.15) is 49.4 Å². The van der Waals surface area contributed by atoms with Crippen LogP contribution < -0.4 is 10.6 Å². The minimum absolute atomic E-state index is 0.0379. The number of carbonyl (C=O) groups excluding carboxylic acids is 4. The van der Waals surface area contributed by atoms with Gasteiger partial charge in [-0.25, -0.2) is 19.0 Å². The summed E-state index contributed by atoms with van der Waals surface area (Å²) in [7, 11) is 1.14. The Bertz CT molecular complexity index is 975. The molecule has 0 unspecified atom stereocenters. The van der Waals surface area contributed by atoms with Crippen LogP contribution in [0, 0.1) is 12.7 Å². The highest BCUT2D eigenvalue weighted by atomic mass is 32.1. The molecule has 0 atom stereocenters. The molecule has 160 valence electrons. The van der Waals surface area contributed by atoms with Crippen LogP contribution in [0.5, 0.6) is 0 Å². The summed E-state index contributed by atoms with van der Waals surface area (Å²) < 4.78 is 23.1. The zero-order chi connectivity index (χ0) is 22.3. The number of rotatable bonds is 8. The number of hydrogen-bond acceptors (Lipinski definition) is 8. The van der Waals surface area contributed by atoms with E-state index in [1.165, 1.54) is 6.07 Å². The van der Waals surface area contributed by atoms with Gasteiger partial charge in [-0.05, 0) is 32.0 Å². The Morgan fingerprint density at radius 2 is 1.83 bits per heavy atom. The van der Waals surface area contributed by atoms with Crippen molar-refractivity contribution in [1.29, 1.82) is 0 Å². The van der Waals surface area contributed by atoms with Crippen LogP contribution in [-0.4, -0.2) is 49.0 Å². The fourth-order valence-electron chi connectivity index (χ4n) is 2.37. The largest absolute Gasteiger partial charge is 0.465 e. The summed E-state index contributed by atoms with van der Waals surface area (Å²) in [6, 6.07) is 3.12. The summed E-state index contributed by atoms with van der Waals surface area (Å²) in [5.41, 5.74) is 0.261. The molecule has 0 spiro atoms. The van der Waals surface area contributed by atoms with Crippen LogP contribution in [0.4, 0.5) is 9.52 Å². The average molecular weight is 437 g/mol. The van der Waals surface area contributed by atoms with Gasteiger partial charge in [-0.2, -0.15) is 0 Å². The molecule has 30 heavy (non-hydrogen) atoms. The highest BCUT2D eigenvalue weighted by Gasteiger charge is 2.18. The predicted octanol–water partition coefficient (Wildman–Crippen LogP) is 2.31. The van der Waals surface area contributed by atoms with Crippen molar-refractivity contribution < 1.29 is 33.0 Å². The molecule has 2 rings (SSSR count). The molecule has 0 bridgehead atoms. The fourth-order valence-corrected chi connectivity index (χ4v) is 3.24. The molecule has 2 N–H and O–H groups in total. The molecule has 0 aliphatic rings. The molecule has 0 aliphatic carbocycles. The van der Waals surface area contributed by atoms with Crippen molar-refractivity contribution in [2.24, 2.45) is 0 Å². The van der Waals surface area contributed by atoms with Crippen LogP contribution in [0.3, 0.4) is 0 Å². The fraction of sp³-hybridized carbons (Fsp3) is 0.316. The molecule has 2 aromatic rings. The van der Waals surface area contributed by atoms with Crippen LogP contribution in [0.25, 0.3) is 0 Å². The molecule has 2 amide bonds. The number of hydrogen-bond donors (Lipinski definition) is 2. The van der Waals surface area contributed by atoms with E-state index in [0.29, 0.717) is 10.6 Å². The second-order valence-corrected chi connectivity index (χ2v) is 6.93. The molecule has 0 fully saturated rings. The Morgan fingerprint density at radius 3 is 2.50 bits per heavy atom. The van der Waals surface area contributed by atoms with Gasteiger partial charge in [-0.3, -0.25) is 9.59 Å². The molecule has 0 aliphatic heterocycles. The summed E-state index contributed by atoms with van der Waals surface area (Å²) in [6.45, 7) is 3.50. The quantitative estimate of drug-likeness (QED) is 0.608. The number of methoxy groups -OCH3 is 1. The maximum atomic E-state index is 13.6. The van der Waals surface area contributed by atoms with E-state index in [-0.39, 0.29) is 35.8 Å². The number of nitrogens with one attached hydrogen (secondary N) is 2. The first kappa shape index (κ1) is 22.9. The molecule has 1 heterocycles. The van der Waals surface area contributed by atoms with Gasteiger partial charge in [0.05, 0.1) is 25.0 Å². The van der Waals surface area contributed by atoms with Gasteiger partial charge in [0.2, 0.25) is 5.91 Å². The van der Waals surface area contributed by atoms with E-state index in [1.807, 2.05) is 0 Å². The van der Waals surface area contributed by atoms with Crippen molar-refractivity contribution in [3.05, 3.63) is 45.7 Å². The predicted molar refractivity (Wildman–Crippen MR) is 106 cm³/mol. The first-order chi connectivity index (χ1) is 14.2. The summed E-state index contributed by atoms with van der Waals surface area (Å²) in [6.07, 6.45) is -0.0850. The molecular formula is C19H20FN3O6S. The maximum absolute atomic E-state index is 13.6. The molecular weight excluding hydrogens is 417 g/mol. The second-order valence-electron chi connectivity index (χ2n) is 5.93. The van der Waals surface area contributed by atoms with Gasteiger partial charge in [0.15, 0.2) is 5.13 Å². The average Bonchev–Trinajstić information content (AvgIpc) is 3.06. The standard InChI is InChI=1S/C19H20FN3O6S/c1-4-29-18(27)15-10(2)22-19(30-15)23-14(24)5-6-21-16(25)11-7-12(17(26)28-3)9-13(20)8-11/h7-9H,4-6H2,1-3H3,(H,21,25)(H,22,23,24). The third-order valence-electron chi connectivity index (χ3n) is 3.72. The van der Waals surface area contributed by atoms with E-state index in [4.69, 9.17) is 4.74 Å². The van der Waals surface area contributed by atoms with Gasteiger partial charge < -0.3 is 20.1 Å². The van der Waals surface area contributed by atoms with E-state index in [2.05, 4.69) is 20.4 Å². The minimum atomic E-state index is -0.774. The lowest BCUT2D eigenvalue weighted by atomic mass is 10.1. The van der Waals surface area contributed by atoms with Gasteiger partial charge in [0.1, 0.15) is 10.7 Å². The van der Waals surface area contributed by atoms with Gasteiger partial charge in [-0.15, -0.1) is 0 Å². The minimum Gasteiger partial charge on any atom is -0.465 e. The number of thiazole rings is 1. The third-order valence-corrected chi connectivity index (χ3v) is 4.78. The number of carbonyl (C=O) groups is 4. The third kappa shape index (κ3) is 6.08. The van der Waals surface area contributed by atoms with Crippen molar-refractivity contribution in [3.8, 4) is 0 Å². The molecule has 1 aromatic heterocycles. The summed E-state index contributed by atoms with van der Waals surface area (Å²) in [5, 5.41) is 5.25. The molecule has 9 nitrogen and oxygen atoms in total. The number of aryl methyl sites for hydroxylation is 1. The van der Waals surface area contributed by atoms with Crippen LogP contribution in [0.2, 0.25) is 0 Å². The number of nitrogens with zero attached hydrogens (tertiary/aromatic N) is 1. The Hall–Kier alpha value is -3.34. The number of halogens is 1. The molecule has 0 saturated heterocycles. The van der Waals surface area contributed by atoms with Crippen molar-refractivity contribution in [2.45, 2.75) is 20.3 Å². The first-order valence-electron chi connectivity index (χ1n) is 8.86. The topological polar surface area (TPSA) is 124 Å². The lowest BCUT2D eigenvalue weighted by Gasteiger charge is -2.07. The van der Waals surface area contributed by atoms with Gasteiger partial charge >= 0.3 is 11.9 Å². The van der Waals surface area contributed by atoms with E-state index in [1.54, 1.807) is 13.8 Å². The number of benzene rings is 1. The SMILES string of the molecule is CCOC(=O)c1sc(NC(=O)CCNC(=O)c2cc(F)cc(C(=O)OC)c2)nc1C. The second kappa shape index (κ2) is 10.4. The Labute approximate surface area is 175 Å². The number of ether oxygens (including phenoxy) is 2. The zero-order valence-electron chi connectivity index (χ0n) is 16.5. The van der Waals surface area contributed by atoms with Crippen molar-refractivity contribution in [2.75, 3.05) is 25.6 Å². The Balaban J connectivity index is 1.90. The van der Waals surface area contributed by atoms with Crippen molar-refractivity contribution >= 4 is 40.2 Å². The Kier molecular flexibility index (Phi) is 7.98. The molecule has 0 radical (unpaired) electrons. The summed E-state index contributed by atoms with van der Waals surface area (Å²) >= 11 is 0.990. The lowest BCUT2D eigenvalue weighted by Crippen LogP contribution is -2.28. The van der Waals surface area contributed by atoms with Gasteiger partial charge in [0, 0.05) is 18.5 Å². The molecule has 1 aromatic carbocycles. The number of amides is 2. The van der Waals surface area contributed by atoms with E-state index < -0.39 is 29.6 Å². The lowest BCUT2D eigenvalue weighted by molar-refractivity contribution is -0.116. The van der Waals surface area contributed by atoms with Crippen molar-refractivity contribution in [3.63, 3.8) is 0 Å². The first-order valence-corrected chi connectivity index (χ1v) is 9.68. The highest BCUT2D eigenvalue weighted by molar-refractivity contribution is 7.17.